The predicted molar refractivity (Wildman–Crippen MR) is 101 cm³/mol. The van der Waals surface area contributed by atoms with E-state index in [1.54, 1.807) is 0 Å². The van der Waals surface area contributed by atoms with Crippen LogP contribution in [-0.2, 0) is 9.47 Å². The van der Waals surface area contributed by atoms with Crippen LogP contribution in [0.25, 0.3) is 0 Å². The Balaban J connectivity index is 1.54. The van der Waals surface area contributed by atoms with Gasteiger partial charge in [0.2, 0.25) is 0 Å². The van der Waals surface area contributed by atoms with E-state index < -0.39 is 5.60 Å². The molecule has 0 aliphatic carbocycles. The highest BCUT2D eigenvalue weighted by atomic mass is 16.5. The maximum absolute atomic E-state index is 13.3. The lowest BCUT2D eigenvalue weighted by Gasteiger charge is -2.41. The first-order chi connectivity index (χ1) is 13.3. The second-order valence-corrected chi connectivity index (χ2v) is 6.90. The molecule has 1 atom stereocenters. The summed E-state index contributed by atoms with van der Waals surface area (Å²) in [7, 11) is 0. The van der Waals surface area contributed by atoms with Crippen molar-refractivity contribution in [3.63, 3.8) is 0 Å². The number of ether oxygens (including phenoxy) is 3. The topological polar surface area (TPSA) is 60.0 Å². The Labute approximate surface area is 159 Å². The largest absolute Gasteiger partial charge is 0.457 e. The van der Waals surface area contributed by atoms with E-state index in [2.05, 4.69) is 5.32 Å². The maximum atomic E-state index is 13.3. The molecule has 0 aromatic heterocycles. The van der Waals surface area contributed by atoms with Gasteiger partial charge in [-0.25, -0.2) is 0 Å². The Morgan fingerprint density at radius 3 is 2.78 bits per heavy atom. The number of carbonyl (C=O) groups is 1. The van der Waals surface area contributed by atoms with Gasteiger partial charge in [-0.05, 0) is 24.3 Å². The number of carbonyl (C=O) groups excluding carboxylic acids is 1. The fourth-order valence-electron chi connectivity index (χ4n) is 3.50. The summed E-state index contributed by atoms with van der Waals surface area (Å²) >= 11 is 0. The zero-order chi connectivity index (χ0) is 18.5. The number of nitrogens with one attached hydrogen (secondary N) is 1. The van der Waals surface area contributed by atoms with Crippen LogP contribution in [0.4, 0.5) is 0 Å². The van der Waals surface area contributed by atoms with E-state index >= 15 is 0 Å². The van der Waals surface area contributed by atoms with Crippen LogP contribution in [0.3, 0.4) is 0 Å². The zero-order valence-corrected chi connectivity index (χ0v) is 15.2. The third-order valence-electron chi connectivity index (χ3n) is 4.86. The van der Waals surface area contributed by atoms with Crippen LogP contribution in [0, 0.1) is 0 Å². The quantitative estimate of drug-likeness (QED) is 0.901. The van der Waals surface area contributed by atoms with Gasteiger partial charge in [-0.1, -0.05) is 30.3 Å². The van der Waals surface area contributed by atoms with Gasteiger partial charge in [0.15, 0.2) is 0 Å². The fraction of sp³-hybridized carbons (Fsp3) is 0.381. The van der Waals surface area contributed by atoms with Gasteiger partial charge >= 0.3 is 0 Å². The van der Waals surface area contributed by atoms with Crippen molar-refractivity contribution in [1.29, 1.82) is 0 Å². The second-order valence-electron chi connectivity index (χ2n) is 6.90. The molecule has 4 rings (SSSR count). The Morgan fingerprint density at radius 1 is 1.07 bits per heavy atom. The molecule has 6 nitrogen and oxygen atoms in total. The van der Waals surface area contributed by atoms with Crippen molar-refractivity contribution in [2.24, 2.45) is 0 Å². The van der Waals surface area contributed by atoms with Crippen LogP contribution < -0.4 is 10.1 Å². The summed E-state index contributed by atoms with van der Waals surface area (Å²) in [5.74, 6) is 1.22. The van der Waals surface area contributed by atoms with Crippen molar-refractivity contribution in [2.45, 2.75) is 5.60 Å². The predicted octanol–water partition coefficient (Wildman–Crippen LogP) is 2.31. The second kappa shape index (κ2) is 8.08. The van der Waals surface area contributed by atoms with Crippen molar-refractivity contribution in [1.82, 2.24) is 10.2 Å². The zero-order valence-electron chi connectivity index (χ0n) is 15.2. The molecule has 2 heterocycles. The molecule has 2 saturated heterocycles. The monoisotopic (exact) mass is 368 g/mol. The van der Waals surface area contributed by atoms with Gasteiger partial charge in [0.25, 0.3) is 5.91 Å². The summed E-state index contributed by atoms with van der Waals surface area (Å²) in [6, 6.07) is 16.9. The SMILES string of the molecule is O=C(c1ccccc1Oc1ccccc1)N1CCOC2(CNCCOC2)C1. The molecule has 6 heteroatoms. The van der Waals surface area contributed by atoms with Gasteiger partial charge in [0.1, 0.15) is 17.1 Å². The minimum atomic E-state index is -0.486. The number of hydrogen-bond acceptors (Lipinski definition) is 5. The van der Waals surface area contributed by atoms with E-state index in [-0.39, 0.29) is 5.91 Å². The first-order valence-corrected chi connectivity index (χ1v) is 9.29. The average Bonchev–Trinajstić information content (AvgIpc) is 2.94. The highest BCUT2D eigenvalue weighted by Gasteiger charge is 2.40. The molecule has 1 amide bonds. The summed E-state index contributed by atoms with van der Waals surface area (Å²) in [6.45, 7) is 4.18. The molecule has 142 valence electrons. The fourth-order valence-corrected chi connectivity index (χ4v) is 3.50. The number of benzene rings is 2. The first-order valence-electron chi connectivity index (χ1n) is 9.29. The van der Waals surface area contributed by atoms with Crippen molar-refractivity contribution in [3.8, 4) is 11.5 Å². The lowest BCUT2D eigenvalue weighted by atomic mass is 10.0. The average molecular weight is 368 g/mol. The van der Waals surface area contributed by atoms with E-state index in [4.69, 9.17) is 14.2 Å². The first kappa shape index (κ1) is 18.0. The van der Waals surface area contributed by atoms with E-state index in [1.807, 2.05) is 59.5 Å². The highest BCUT2D eigenvalue weighted by Crippen LogP contribution is 2.28. The van der Waals surface area contributed by atoms with Gasteiger partial charge in [0.05, 0.1) is 31.9 Å². The highest BCUT2D eigenvalue weighted by molar-refractivity contribution is 5.97. The third kappa shape index (κ3) is 4.13. The minimum absolute atomic E-state index is 0.0477. The Hall–Kier alpha value is -2.41. The van der Waals surface area contributed by atoms with Crippen LogP contribution >= 0.6 is 0 Å². The number of amides is 1. The van der Waals surface area contributed by atoms with Gasteiger partial charge in [-0.3, -0.25) is 4.79 Å². The molecule has 27 heavy (non-hydrogen) atoms. The van der Waals surface area contributed by atoms with Gasteiger partial charge in [-0.2, -0.15) is 0 Å². The third-order valence-corrected chi connectivity index (χ3v) is 4.86. The maximum Gasteiger partial charge on any atom is 0.257 e. The molecule has 2 aromatic rings. The summed E-state index contributed by atoms with van der Waals surface area (Å²) in [6.07, 6.45) is 0. The molecular weight excluding hydrogens is 344 g/mol. The number of para-hydroxylation sites is 2. The van der Waals surface area contributed by atoms with Gasteiger partial charge < -0.3 is 24.4 Å². The molecule has 1 N–H and O–H groups in total. The molecular formula is C21H24N2O4. The number of hydrogen-bond donors (Lipinski definition) is 1. The van der Waals surface area contributed by atoms with E-state index in [0.29, 0.717) is 56.5 Å². The van der Waals surface area contributed by atoms with Crippen molar-refractivity contribution in [2.75, 3.05) is 46.0 Å². The Bertz CT molecular complexity index is 773. The van der Waals surface area contributed by atoms with Crippen molar-refractivity contribution < 1.29 is 19.0 Å². The number of nitrogens with zero attached hydrogens (tertiary/aromatic N) is 1. The lowest BCUT2D eigenvalue weighted by Crippen LogP contribution is -2.59. The van der Waals surface area contributed by atoms with Crippen LogP contribution in [-0.4, -0.2) is 62.4 Å². The van der Waals surface area contributed by atoms with E-state index in [0.717, 1.165) is 6.54 Å². The molecule has 2 aliphatic rings. The molecule has 1 unspecified atom stereocenters. The normalized spacial score (nSPS) is 23.0. The molecule has 1 spiro atoms. The molecule has 2 aromatic carbocycles. The summed E-state index contributed by atoms with van der Waals surface area (Å²) in [5, 5.41) is 3.34. The standard InChI is InChI=1S/C21H24N2O4/c24-20(23-11-13-26-21(15-23)14-22-10-12-25-16-21)18-8-4-5-9-19(18)27-17-6-2-1-3-7-17/h1-9,22H,10-16H2. The Morgan fingerprint density at radius 2 is 1.89 bits per heavy atom. The van der Waals surface area contributed by atoms with Gasteiger partial charge in [-0.15, -0.1) is 0 Å². The molecule has 2 aliphatic heterocycles. The Kier molecular flexibility index (Phi) is 5.38. The number of rotatable bonds is 3. The minimum Gasteiger partial charge on any atom is -0.457 e. The molecule has 0 bridgehead atoms. The van der Waals surface area contributed by atoms with Crippen molar-refractivity contribution in [3.05, 3.63) is 60.2 Å². The van der Waals surface area contributed by atoms with Gasteiger partial charge in [0, 0.05) is 19.6 Å². The molecule has 2 fully saturated rings. The summed E-state index contributed by atoms with van der Waals surface area (Å²) in [5.41, 5.74) is 0.0699. The van der Waals surface area contributed by atoms with Crippen LogP contribution in [0.2, 0.25) is 0 Å². The number of morpholine rings is 1. The lowest BCUT2D eigenvalue weighted by molar-refractivity contribution is -0.125. The van der Waals surface area contributed by atoms with E-state index in [9.17, 15) is 4.79 Å². The van der Waals surface area contributed by atoms with Crippen LogP contribution in [0.15, 0.2) is 54.6 Å². The summed E-state index contributed by atoms with van der Waals surface area (Å²) < 4.78 is 17.7. The van der Waals surface area contributed by atoms with E-state index in [1.165, 1.54) is 0 Å². The molecule has 0 saturated carbocycles. The van der Waals surface area contributed by atoms with Crippen molar-refractivity contribution >= 4 is 5.91 Å². The summed E-state index contributed by atoms with van der Waals surface area (Å²) in [4.78, 5) is 15.1. The smallest absolute Gasteiger partial charge is 0.257 e. The van der Waals surface area contributed by atoms with Crippen LogP contribution in [0.1, 0.15) is 10.4 Å². The van der Waals surface area contributed by atoms with Crippen LogP contribution in [0.5, 0.6) is 11.5 Å². The molecule has 0 radical (unpaired) electrons.